The Kier molecular flexibility index (Phi) is 3.96. The SMILES string of the molecule is Cc1nc(CC#N)cc(OC(F)(F)F)c1I. The number of nitriles is 1. The van der Waals surface area contributed by atoms with Crippen molar-refractivity contribution in [3.05, 3.63) is 21.0 Å². The zero-order chi connectivity index (χ0) is 12.3. The number of pyridine rings is 1. The van der Waals surface area contributed by atoms with Gasteiger partial charge in [0.15, 0.2) is 0 Å². The number of hydrogen-bond acceptors (Lipinski definition) is 3. The summed E-state index contributed by atoms with van der Waals surface area (Å²) in [6, 6.07) is 2.95. The summed E-state index contributed by atoms with van der Waals surface area (Å²) in [5.41, 5.74) is 0.673. The van der Waals surface area contributed by atoms with Crippen LogP contribution in [0.2, 0.25) is 0 Å². The number of hydrogen-bond donors (Lipinski definition) is 0. The largest absolute Gasteiger partial charge is 0.573 e. The van der Waals surface area contributed by atoms with Crippen molar-refractivity contribution in [1.29, 1.82) is 5.26 Å². The van der Waals surface area contributed by atoms with Crippen molar-refractivity contribution < 1.29 is 17.9 Å². The Labute approximate surface area is 103 Å². The fourth-order valence-corrected chi connectivity index (χ4v) is 1.45. The van der Waals surface area contributed by atoms with Crippen molar-refractivity contribution in [2.75, 3.05) is 0 Å². The van der Waals surface area contributed by atoms with E-state index in [0.29, 0.717) is 5.69 Å². The Morgan fingerprint density at radius 1 is 1.56 bits per heavy atom. The average Bonchev–Trinajstić information content (AvgIpc) is 2.11. The fourth-order valence-electron chi connectivity index (χ4n) is 1.06. The molecule has 0 aliphatic carbocycles. The summed E-state index contributed by atoms with van der Waals surface area (Å²) in [5, 5.41) is 8.45. The lowest BCUT2D eigenvalue weighted by Crippen LogP contribution is -2.18. The van der Waals surface area contributed by atoms with Crippen LogP contribution in [0.5, 0.6) is 5.75 Å². The first-order valence-electron chi connectivity index (χ1n) is 4.12. The van der Waals surface area contributed by atoms with E-state index >= 15 is 0 Å². The minimum absolute atomic E-state index is 0.0496. The summed E-state index contributed by atoms with van der Waals surface area (Å²) in [6.07, 6.45) is -4.79. The van der Waals surface area contributed by atoms with Crippen LogP contribution in [0.25, 0.3) is 0 Å². The van der Waals surface area contributed by atoms with Gasteiger partial charge in [0, 0.05) is 6.07 Å². The summed E-state index contributed by atoms with van der Waals surface area (Å²) in [7, 11) is 0. The van der Waals surface area contributed by atoms with Gasteiger partial charge in [0.25, 0.3) is 0 Å². The van der Waals surface area contributed by atoms with Gasteiger partial charge in [-0.2, -0.15) is 5.26 Å². The lowest BCUT2D eigenvalue weighted by atomic mass is 10.2. The van der Waals surface area contributed by atoms with E-state index in [-0.39, 0.29) is 21.4 Å². The quantitative estimate of drug-likeness (QED) is 0.777. The van der Waals surface area contributed by atoms with Gasteiger partial charge in [0.05, 0.1) is 27.4 Å². The molecule has 0 aliphatic heterocycles. The van der Waals surface area contributed by atoms with Crippen molar-refractivity contribution in [3.8, 4) is 11.8 Å². The van der Waals surface area contributed by atoms with Gasteiger partial charge in [-0.1, -0.05) is 0 Å². The van der Waals surface area contributed by atoms with Crippen LogP contribution in [-0.2, 0) is 6.42 Å². The molecule has 0 atom stereocenters. The topological polar surface area (TPSA) is 45.9 Å². The number of rotatable bonds is 2. The average molecular weight is 342 g/mol. The third kappa shape index (κ3) is 3.52. The van der Waals surface area contributed by atoms with E-state index in [0.717, 1.165) is 6.07 Å². The molecule has 0 amide bonds. The Hall–Kier alpha value is -1.04. The molecule has 0 unspecified atom stereocenters. The van der Waals surface area contributed by atoms with Crippen LogP contribution in [0.4, 0.5) is 13.2 Å². The van der Waals surface area contributed by atoms with Gasteiger partial charge in [-0.3, -0.25) is 4.98 Å². The van der Waals surface area contributed by atoms with Crippen LogP contribution in [0.3, 0.4) is 0 Å². The summed E-state index contributed by atoms with van der Waals surface area (Å²) >= 11 is 1.72. The summed E-state index contributed by atoms with van der Waals surface area (Å²) < 4.78 is 40.3. The van der Waals surface area contributed by atoms with E-state index in [1.54, 1.807) is 29.5 Å². The zero-order valence-corrected chi connectivity index (χ0v) is 10.3. The first-order chi connectivity index (χ1) is 7.33. The molecule has 16 heavy (non-hydrogen) atoms. The molecule has 1 heterocycles. The first kappa shape index (κ1) is 13.0. The molecule has 7 heteroatoms. The normalized spacial score (nSPS) is 11.0. The van der Waals surface area contributed by atoms with Crippen molar-refractivity contribution >= 4 is 22.6 Å². The van der Waals surface area contributed by atoms with Gasteiger partial charge in [0.2, 0.25) is 0 Å². The second-order valence-electron chi connectivity index (χ2n) is 2.89. The Balaban J connectivity index is 3.12. The summed E-state index contributed by atoms with van der Waals surface area (Å²) in [6.45, 7) is 1.56. The van der Waals surface area contributed by atoms with E-state index in [2.05, 4.69) is 9.72 Å². The highest BCUT2D eigenvalue weighted by Crippen LogP contribution is 2.29. The van der Waals surface area contributed by atoms with Crippen LogP contribution >= 0.6 is 22.6 Å². The molecule has 1 rings (SSSR count). The minimum atomic E-state index is -4.74. The molecular formula is C9H6F3IN2O. The minimum Gasteiger partial charge on any atom is -0.405 e. The second-order valence-corrected chi connectivity index (χ2v) is 3.97. The molecular weight excluding hydrogens is 336 g/mol. The standard InChI is InChI=1S/C9H6F3IN2O/c1-5-8(13)7(16-9(10,11)12)4-6(15-5)2-3-14/h4H,2H2,1H3. The molecule has 0 saturated heterocycles. The Morgan fingerprint density at radius 2 is 2.19 bits per heavy atom. The number of nitrogens with zero attached hydrogens (tertiary/aromatic N) is 2. The zero-order valence-electron chi connectivity index (χ0n) is 8.10. The van der Waals surface area contributed by atoms with Gasteiger partial charge in [0.1, 0.15) is 5.75 Å². The highest BCUT2D eigenvalue weighted by molar-refractivity contribution is 14.1. The van der Waals surface area contributed by atoms with Gasteiger partial charge in [-0.05, 0) is 29.5 Å². The fraction of sp³-hybridized carbons (Fsp3) is 0.333. The van der Waals surface area contributed by atoms with Crippen LogP contribution in [0.1, 0.15) is 11.4 Å². The maximum Gasteiger partial charge on any atom is 0.573 e. The smallest absolute Gasteiger partial charge is 0.405 e. The maximum atomic E-state index is 12.1. The summed E-state index contributed by atoms with van der Waals surface area (Å²) in [5.74, 6) is -0.314. The van der Waals surface area contributed by atoms with Crippen molar-refractivity contribution in [2.45, 2.75) is 19.7 Å². The number of alkyl halides is 3. The van der Waals surface area contributed by atoms with Crippen molar-refractivity contribution in [1.82, 2.24) is 4.98 Å². The molecule has 0 radical (unpaired) electrons. The maximum absolute atomic E-state index is 12.1. The van der Waals surface area contributed by atoms with Crippen molar-refractivity contribution in [3.63, 3.8) is 0 Å². The highest BCUT2D eigenvalue weighted by atomic mass is 127. The van der Waals surface area contributed by atoms with E-state index in [9.17, 15) is 13.2 Å². The van der Waals surface area contributed by atoms with Gasteiger partial charge < -0.3 is 4.74 Å². The third-order valence-electron chi connectivity index (χ3n) is 1.63. The molecule has 3 nitrogen and oxygen atoms in total. The number of aryl methyl sites for hydroxylation is 1. The van der Waals surface area contributed by atoms with E-state index in [1.165, 1.54) is 0 Å². The van der Waals surface area contributed by atoms with Gasteiger partial charge in [-0.25, -0.2) is 0 Å². The molecule has 0 spiro atoms. The molecule has 0 bridgehead atoms. The van der Waals surface area contributed by atoms with E-state index < -0.39 is 6.36 Å². The predicted molar refractivity (Wildman–Crippen MR) is 57.7 cm³/mol. The molecule has 0 N–H and O–H groups in total. The van der Waals surface area contributed by atoms with Crippen molar-refractivity contribution in [2.24, 2.45) is 0 Å². The molecule has 0 fully saturated rings. The number of ether oxygens (including phenoxy) is 1. The molecule has 86 valence electrons. The summed E-state index contributed by atoms with van der Waals surface area (Å²) in [4.78, 5) is 3.98. The Bertz CT molecular complexity index is 440. The lowest BCUT2D eigenvalue weighted by molar-refractivity contribution is -0.275. The second kappa shape index (κ2) is 4.86. The molecule has 1 aromatic heterocycles. The lowest BCUT2D eigenvalue weighted by Gasteiger charge is -2.12. The van der Waals surface area contributed by atoms with Crippen LogP contribution in [0.15, 0.2) is 6.07 Å². The molecule has 1 aromatic rings. The third-order valence-corrected chi connectivity index (χ3v) is 2.94. The first-order valence-corrected chi connectivity index (χ1v) is 5.20. The number of halogens is 4. The monoisotopic (exact) mass is 342 g/mol. The van der Waals surface area contributed by atoms with Crippen LogP contribution < -0.4 is 4.74 Å². The van der Waals surface area contributed by atoms with E-state index in [4.69, 9.17) is 5.26 Å². The number of aromatic nitrogens is 1. The highest BCUT2D eigenvalue weighted by Gasteiger charge is 2.32. The molecule has 0 saturated carbocycles. The van der Waals surface area contributed by atoms with Gasteiger partial charge in [-0.15, -0.1) is 13.2 Å². The molecule has 0 aromatic carbocycles. The van der Waals surface area contributed by atoms with Crippen LogP contribution in [-0.4, -0.2) is 11.3 Å². The van der Waals surface area contributed by atoms with E-state index in [1.807, 2.05) is 6.07 Å². The molecule has 0 aliphatic rings. The Morgan fingerprint density at radius 3 is 2.69 bits per heavy atom. The predicted octanol–water partition coefficient (Wildman–Crippen LogP) is 2.96. The van der Waals surface area contributed by atoms with Gasteiger partial charge >= 0.3 is 6.36 Å². The van der Waals surface area contributed by atoms with Crippen LogP contribution in [0, 0.1) is 21.8 Å².